The maximum atomic E-state index is 14.7. The van der Waals surface area contributed by atoms with Crippen LogP contribution in [0.2, 0.25) is 0 Å². The minimum Gasteiger partial charge on any atom is -0.488 e. The molecule has 3 nitrogen and oxygen atoms in total. The van der Waals surface area contributed by atoms with Gasteiger partial charge in [-0.25, -0.2) is 4.39 Å². The van der Waals surface area contributed by atoms with Crippen LogP contribution in [-0.4, -0.2) is 19.3 Å². The number of hydrogen-bond acceptors (Lipinski definition) is 3. The van der Waals surface area contributed by atoms with Crippen molar-refractivity contribution in [1.29, 1.82) is 0 Å². The van der Waals surface area contributed by atoms with Crippen LogP contribution in [0.3, 0.4) is 0 Å². The lowest BCUT2D eigenvalue weighted by Crippen LogP contribution is -2.30. The van der Waals surface area contributed by atoms with Crippen molar-refractivity contribution in [1.82, 2.24) is 0 Å². The first-order valence-corrected chi connectivity index (χ1v) is 10.5. The fraction of sp³-hybridized carbons (Fsp3) is 0.500. The molecule has 1 fully saturated rings. The fourth-order valence-electron chi connectivity index (χ4n) is 3.79. The van der Waals surface area contributed by atoms with Crippen LogP contribution in [0.25, 0.3) is 0 Å². The van der Waals surface area contributed by atoms with Crippen LogP contribution < -0.4 is 9.47 Å². The third-order valence-electron chi connectivity index (χ3n) is 5.66. The van der Waals surface area contributed by atoms with Gasteiger partial charge in [-0.2, -0.15) is 8.78 Å². The third kappa shape index (κ3) is 4.75. The zero-order valence-corrected chi connectivity index (χ0v) is 17.7. The summed E-state index contributed by atoms with van der Waals surface area (Å²) >= 11 is 0. The molecule has 1 aromatic rings. The fourth-order valence-corrected chi connectivity index (χ4v) is 3.79. The smallest absolute Gasteiger partial charge is 0.205 e. The average molecular weight is 422 g/mol. The van der Waals surface area contributed by atoms with Crippen LogP contribution in [-0.2, 0) is 11.2 Å². The van der Waals surface area contributed by atoms with E-state index in [2.05, 4.69) is 20.1 Å². The predicted octanol–water partition coefficient (Wildman–Crippen LogP) is 6.58. The third-order valence-corrected chi connectivity index (χ3v) is 5.66. The molecule has 6 heteroatoms. The summed E-state index contributed by atoms with van der Waals surface area (Å²) in [6.45, 7) is 12.1. The maximum absolute atomic E-state index is 14.7. The number of hydrogen-bond donors (Lipinski definition) is 0. The Morgan fingerprint density at radius 2 is 2.00 bits per heavy atom. The summed E-state index contributed by atoms with van der Waals surface area (Å²) in [5.41, 5.74) is 0.911. The average Bonchev–Trinajstić information content (AvgIpc) is 2.75. The summed E-state index contributed by atoms with van der Waals surface area (Å²) in [4.78, 5) is 0. The topological polar surface area (TPSA) is 27.7 Å². The van der Waals surface area contributed by atoms with E-state index in [4.69, 9.17) is 14.2 Å². The van der Waals surface area contributed by atoms with Gasteiger partial charge in [-0.15, -0.1) is 0 Å². The van der Waals surface area contributed by atoms with E-state index >= 15 is 0 Å². The molecule has 2 unspecified atom stereocenters. The van der Waals surface area contributed by atoms with Crippen LogP contribution in [0.4, 0.5) is 13.2 Å². The number of halogens is 3. The van der Waals surface area contributed by atoms with Crippen molar-refractivity contribution < 1.29 is 27.4 Å². The van der Waals surface area contributed by atoms with Crippen molar-refractivity contribution in [2.75, 3.05) is 13.2 Å². The molecule has 0 bridgehead atoms. The van der Waals surface area contributed by atoms with Crippen LogP contribution in [0.1, 0.15) is 51.5 Å². The van der Waals surface area contributed by atoms with Crippen molar-refractivity contribution in [2.45, 2.75) is 58.5 Å². The van der Waals surface area contributed by atoms with Gasteiger partial charge in [0.05, 0.1) is 6.10 Å². The molecule has 0 aromatic heterocycles. The Balaban J connectivity index is 1.73. The van der Waals surface area contributed by atoms with Crippen LogP contribution in [0.15, 0.2) is 42.0 Å². The SMILES string of the molecule is C=C(CC)/C(F)=C1/Oc2c(cc(OCC3CCC(CCC)CO3)c(F)c2F)CC1=C. The summed E-state index contributed by atoms with van der Waals surface area (Å²) in [5, 5.41) is 0. The van der Waals surface area contributed by atoms with Crippen molar-refractivity contribution in [3.05, 3.63) is 59.2 Å². The van der Waals surface area contributed by atoms with Crippen molar-refractivity contribution >= 4 is 0 Å². The molecular weight excluding hydrogens is 393 g/mol. The molecule has 2 aliphatic heterocycles. The molecule has 3 rings (SSSR count). The molecule has 1 saturated heterocycles. The second-order valence-corrected chi connectivity index (χ2v) is 7.97. The predicted molar refractivity (Wildman–Crippen MR) is 110 cm³/mol. The number of rotatable bonds is 7. The summed E-state index contributed by atoms with van der Waals surface area (Å²) in [6.07, 6.45) is 4.47. The van der Waals surface area contributed by atoms with Crippen molar-refractivity contribution in [3.8, 4) is 11.5 Å². The lowest BCUT2D eigenvalue weighted by molar-refractivity contribution is -0.0397. The van der Waals surface area contributed by atoms with Gasteiger partial charge in [0.1, 0.15) is 6.61 Å². The number of benzene rings is 1. The van der Waals surface area contributed by atoms with E-state index < -0.39 is 17.5 Å². The van der Waals surface area contributed by atoms with Gasteiger partial charge in [0, 0.05) is 18.6 Å². The highest BCUT2D eigenvalue weighted by molar-refractivity contribution is 5.52. The summed E-state index contributed by atoms with van der Waals surface area (Å²) in [7, 11) is 0. The Labute approximate surface area is 176 Å². The Morgan fingerprint density at radius 1 is 1.23 bits per heavy atom. The highest BCUT2D eigenvalue weighted by atomic mass is 19.2. The molecule has 0 spiro atoms. The van der Waals surface area contributed by atoms with E-state index in [9.17, 15) is 13.2 Å². The second-order valence-electron chi connectivity index (χ2n) is 7.97. The Bertz CT molecular complexity index is 852. The minimum atomic E-state index is -1.20. The zero-order chi connectivity index (χ0) is 21.8. The molecule has 164 valence electrons. The highest BCUT2D eigenvalue weighted by Gasteiger charge is 2.30. The monoisotopic (exact) mass is 422 g/mol. The Morgan fingerprint density at radius 3 is 2.63 bits per heavy atom. The zero-order valence-electron chi connectivity index (χ0n) is 17.7. The van der Waals surface area contributed by atoms with Gasteiger partial charge in [0.15, 0.2) is 23.1 Å². The normalized spacial score (nSPS) is 22.9. The largest absolute Gasteiger partial charge is 0.488 e. The Kier molecular flexibility index (Phi) is 7.29. The molecule has 0 aliphatic carbocycles. The highest BCUT2D eigenvalue weighted by Crippen LogP contribution is 2.41. The molecule has 0 N–H and O–H groups in total. The van der Waals surface area contributed by atoms with Gasteiger partial charge in [-0.3, -0.25) is 0 Å². The number of ether oxygens (including phenoxy) is 3. The van der Waals surface area contributed by atoms with Crippen LogP contribution in [0.5, 0.6) is 11.5 Å². The summed E-state index contributed by atoms with van der Waals surface area (Å²) < 4.78 is 60.5. The van der Waals surface area contributed by atoms with E-state index in [-0.39, 0.29) is 42.0 Å². The lowest BCUT2D eigenvalue weighted by atomic mass is 9.94. The van der Waals surface area contributed by atoms with E-state index in [1.165, 1.54) is 6.07 Å². The van der Waals surface area contributed by atoms with Gasteiger partial charge < -0.3 is 14.2 Å². The van der Waals surface area contributed by atoms with E-state index in [1.807, 2.05) is 0 Å². The molecule has 0 saturated carbocycles. The summed E-state index contributed by atoms with van der Waals surface area (Å²) in [6, 6.07) is 1.39. The van der Waals surface area contributed by atoms with Gasteiger partial charge >= 0.3 is 0 Å². The van der Waals surface area contributed by atoms with E-state index in [0.717, 1.165) is 25.7 Å². The quantitative estimate of drug-likeness (QED) is 0.497. The van der Waals surface area contributed by atoms with Gasteiger partial charge in [-0.05, 0) is 48.8 Å². The van der Waals surface area contributed by atoms with Gasteiger partial charge in [0.2, 0.25) is 11.6 Å². The first-order chi connectivity index (χ1) is 14.3. The molecule has 2 atom stereocenters. The van der Waals surface area contributed by atoms with Crippen molar-refractivity contribution in [3.63, 3.8) is 0 Å². The molecule has 2 aliphatic rings. The first-order valence-electron chi connectivity index (χ1n) is 10.5. The Hall–Kier alpha value is -2.21. The number of fused-ring (bicyclic) bond motifs is 1. The van der Waals surface area contributed by atoms with Gasteiger partial charge in [0.25, 0.3) is 0 Å². The molecular formula is C24H29F3O3. The van der Waals surface area contributed by atoms with Crippen LogP contribution in [0, 0.1) is 17.6 Å². The first kappa shape index (κ1) is 22.5. The van der Waals surface area contributed by atoms with Crippen molar-refractivity contribution in [2.24, 2.45) is 5.92 Å². The molecule has 0 radical (unpaired) electrons. The lowest BCUT2D eigenvalue weighted by Gasteiger charge is -2.29. The van der Waals surface area contributed by atoms with Crippen LogP contribution >= 0.6 is 0 Å². The maximum Gasteiger partial charge on any atom is 0.205 e. The van der Waals surface area contributed by atoms with E-state index in [0.29, 0.717) is 30.1 Å². The summed E-state index contributed by atoms with van der Waals surface area (Å²) in [5.74, 6) is -3.23. The molecule has 2 heterocycles. The molecule has 1 aromatic carbocycles. The standard InChI is InChI=1S/C24H29F3O3/c1-5-7-16-8-9-18(28-12-16)13-29-19-11-17-10-15(4)23(20(25)14(3)6-2)30-24(17)22(27)21(19)26/h11,16,18H,3-10,12-13H2,1-2H3/b23-20-. The minimum absolute atomic E-state index is 0.126. The van der Waals surface area contributed by atoms with Gasteiger partial charge in [-0.1, -0.05) is 33.4 Å². The molecule has 30 heavy (non-hydrogen) atoms. The number of allylic oxidation sites excluding steroid dienone is 3. The molecule has 0 amide bonds. The second kappa shape index (κ2) is 9.73. The van der Waals surface area contributed by atoms with E-state index in [1.54, 1.807) is 6.92 Å².